The first-order valence-electron chi connectivity index (χ1n) is 7.15. The van der Waals surface area contributed by atoms with Gasteiger partial charge >= 0.3 is 12.1 Å². The number of hydrogen-bond acceptors (Lipinski definition) is 5. The number of hydrogen-bond donors (Lipinski definition) is 0. The van der Waals surface area contributed by atoms with E-state index in [1.807, 2.05) is 20.8 Å². The molecule has 120 valence electrons. The summed E-state index contributed by atoms with van der Waals surface area (Å²) in [7, 11) is 1.33. The van der Waals surface area contributed by atoms with E-state index in [0.717, 1.165) is 6.42 Å². The molecule has 1 saturated heterocycles. The van der Waals surface area contributed by atoms with Gasteiger partial charge in [0.15, 0.2) is 6.23 Å². The van der Waals surface area contributed by atoms with Gasteiger partial charge in [-0.2, -0.15) is 0 Å². The van der Waals surface area contributed by atoms with E-state index in [2.05, 4.69) is 4.74 Å². The molecule has 0 aliphatic carbocycles. The van der Waals surface area contributed by atoms with Crippen LogP contribution in [-0.4, -0.2) is 42.4 Å². The maximum atomic E-state index is 12.0. The minimum absolute atomic E-state index is 0.372. The van der Waals surface area contributed by atoms with Crippen LogP contribution in [0.2, 0.25) is 0 Å². The molecule has 0 spiro atoms. The zero-order chi connectivity index (χ0) is 16.3. The fraction of sp³-hybridized carbons (Fsp3) is 0.500. The van der Waals surface area contributed by atoms with Crippen LogP contribution in [0.4, 0.5) is 4.79 Å². The lowest BCUT2D eigenvalue weighted by atomic mass is 10.1. The number of nitrogens with zero attached hydrogens (tertiary/aromatic N) is 1. The third kappa shape index (κ3) is 3.90. The lowest BCUT2D eigenvalue weighted by molar-refractivity contribution is -0.0661. The smallest absolute Gasteiger partial charge is 0.413 e. The quantitative estimate of drug-likeness (QED) is 0.803. The zero-order valence-corrected chi connectivity index (χ0v) is 13.3. The van der Waals surface area contributed by atoms with Crippen LogP contribution in [0.3, 0.4) is 0 Å². The molecule has 2 rings (SSSR count). The van der Waals surface area contributed by atoms with E-state index in [9.17, 15) is 9.59 Å². The van der Waals surface area contributed by atoms with Gasteiger partial charge in [0.25, 0.3) is 0 Å². The normalized spacial score (nSPS) is 17.5. The summed E-state index contributed by atoms with van der Waals surface area (Å²) in [5, 5.41) is 0. The standard InChI is InChI=1S/C16H21NO5/c1-16(2,3)22-15(19)17-9-8-13(17)21-12-7-5-6-11(10-12)14(18)20-4/h5-7,10,13H,8-9H2,1-4H3. The van der Waals surface area contributed by atoms with Gasteiger partial charge in [-0.3, -0.25) is 4.90 Å². The van der Waals surface area contributed by atoms with Gasteiger partial charge in [0, 0.05) is 13.0 Å². The Bertz CT molecular complexity index is 564. The van der Waals surface area contributed by atoms with Crippen molar-refractivity contribution in [3.8, 4) is 5.75 Å². The number of methoxy groups -OCH3 is 1. The largest absolute Gasteiger partial charge is 0.470 e. The fourth-order valence-corrected chi connectivity index (χ4v) is 1.99. The maximum Gasteiger partial charge on any atom is 0.413 e. The maximum absolute atomic E-state index is 12.0. The van der Waals surface area contributed by atoms with Crippen LogP contribution in [-0.2, 0) is 9.47 Å². The van der Waals surface area contributed by atoms with E-state index in [1.165, 1.54) is 12.0 Å². The summed E-state index contributed by atoms with van der Waals surface area (Å²) < 4.78 is 15.7. The van der Waals surface area contributed by atoms with Crippen molar-refractivity contribution in [1.29, 1.82) is 0 Å². The highest BCUT2D eigenvalue weighted by molar-refractivity contribution is 5.89. The molecule has 6 nitrogen and oxygen atoms in total. The number of carbonyl (C=O) groups is 2. The highest BCUT2D eigenvalue weighted by Crippen LogP contribution is 2.25. The van der Waals surface area contributed by atoms with Crippen LogP contribution in [0, 0.1) is 0 Å². The molecule has 1 unspecified atom stereocenters. The van der Waals surface area contributed by atoms with E-state index in [4.69, 9.17) is 9.47 Å². The minimum atomic E-state index is -0.540. The molecule has 0 saturated carbocycles. The van der Waals surface area contributed by atoms with Gasteiger partial charge in [-0.25, -0.2) is 9.59 Å². The molecule has 1 aliphatic heterocycles. The summed E-state index contributed by atoms with van der Waals surface area (Å²) in [5.74, 6) is 0.0872. The molecule has 1 aromatic carbocycles. The molecule has 22 heavy (non-hydrogen) atoms. The Balaban J connectivity index is 1.99. The number of amides is 1. The monoisotopic (exact) mass is 307 g/mol. The molecule has 1 atom stereocenters. The Kier molecular flexibility index (Phi) is 4.59. The number of likely N-dealkylation sites (tertiary alicyclic amines) is 1. The molecule has 6 heteroatoms. The van der Waals surface area contributed by atoms with Gasteiger partial charge < -0.3 is 14.2 Å². The lowest BCUT2D eigenvalue weighted by Gasteiger charge is -2.40. The van der Waals surface area contributed by atoms with Gasteiger partial charge in [-0.15, -0.1) is 0 Å². The Hall–Kier alpha value is -2.24. The van der Waals surface area contributed by atoms with E-state index in [0.29, 0.717) is 17.9 Å². The molecule has 0 radical (unpaired) electrons. The SMILES string of the molecule is COC(=O)c1cccc(OC2CCN2C(=O)OC(C)(C)C)c1. The highest BCUT2D eigenvalue weighted by atomic mass is 16.6. The van der Waals surface area contributed by atoms with Crippen LogP contribution in [0.25, 0.3) is 0 Å². The van der Waals surface area contributed by atoms with Crippen molar-refractivity contribution in [2.24, 2.45) is 0 Å². The average Bonchev–Trinajstić information content (AvgIpc) is 2.41. The van der Waals surface area contributed by atoms with Crippen molar-refractivity contribution in [2.45, 2.75) is 39.0 Å². The molecular weight excluding hydrogens is 286 g/mol. The Morgan fingerprint density at radius 1 is 1.27 bits per heavy atom. The number of rotatable bonds is 3. The van der Waals surface area contributed by atoms with E-state index >= 15 is 0 Å². The predicted molar refractivity (Wildman–Crippen MR) is 79.8 cm³/mol. The van der Waals surface area contributed by atoms with Crippen LogP contribution in [0.15, 0.2) is 24.3 Å². The summed E-state index contributed by atoms with van der Waals surface area (Å²) in [6.45, 7) is 6.05. The Labute approximate surface area is 129 Å². The van der Waals surface area contributed by atoms with Crippen molar-refractivity contribution in [3.63, 3.8) is 0 Å². The molecular formula is C16H21NO5. The summed E-state index contributed by atoms with van der Waals surface area (Å²) in [5.41, 5.74) is -0.134. The van der Waals surface area contributed by atoms with Crippen LogP contribution < -0.4 is 4.74 Å². The lowest BCUT2D eigenvalue weighted by Crippen LogP contribution is -2.55. The first-order chi connectivity index (χ1) is 10.3. The number of esters is 1. The van der Waals surface area contributed by atoms with Gasteiger partial charge in [0.1, 0.15) is 11.4 Å². The molecule has 1 aliphatic rings. The van der Waals surface area contributed by atoms with E-state index in [-0.39, 0.29) is 6.23 Å². The van der Waals surface area contributed by atoms with Gasteiger partial charge in [-0.05, 0) is 39.0 Å². The molecule has 0 N–H and O–H groups in total. The van der Waals surface area contributed by atoms with Crippen molar-refractivity contribution in [2.75, 3.05) is 13.7 Å². The fourth-order valence-electron chi connectivity index (χ4n) is 1.99. The summed E-state index contributed by atoms with van der Waals surface area (Å²) in [6, 6.07) is 6.68. The van der Waals surface area contributed by atoms with Gasteiger partial charge in [0.2, 0.25) is 0 Å². The average molecular weight is 307 g/mol. The Morgan fingerprint density at radius 2 is 2.00 bits per heavy atom. The number of carbonyl (C=O) groups excluding carboxylic acids is 2. The highest BCUT2D eigenvalue weighted by Gasteiger charge is 2.36. The van der Waals surface area contributed by atoms with Crippen molar-refractivity contribution in [3.05, 3.63) is 29.8 Å². The molecule has 1 amide bonds. The first kappa shape index (κ1) is 16.1. The van der Waals surface area contributed by atoms with E-state index in [1.54, 1.807) is 24.3 Å². The second-order valence-electron chi connectivity index (χ2n) is 6.05. The molecule has 1 aromatic rings. The molecule has 0 aromatic heterocycles. The van der Waals surface area contributed by atoms with E-state index < -0.39 is 17.7 Å². The topological polar surface area (TPSA) is 65.1 Å². The summed E-state index contributed by atoms with van der Waals surface area (Å²) in [6.07, 6.45) is -0.0440. The molecule has 1 fully saturated rings. The predicted octanol–water partition coefficient (Wildman–Crippen LogP) is 2.82. The van der Waals surface area contributed by atoms with Gasteiger partial charge in [0.05, 0.1) is 12.7 Å². The van der Waals surface area contributed by atoms with Crippen molar-refractivity contribution < 1.29 is 23.8 Å². The first-order valence-corrected chi connectivity index (χ1v) is 7.15. The van der Waals surface area contributed by atoms with Crippen LogP contribution in [0.5, 0.6) is 5.75 Å². The van der Waals surface area contributed by atoms with Crippen molar-refractivity contribution in [1.82, 2.24) is 4.90 Å². The van der Waals surface area contributed by atoms with Crippen LogP contribution in [0.1, 0.15) is 37.6 Å². The third-order valence-corrected chi connectivity index (χ3v) is 3.12. The number of benzene rings is 1. The zero-order valence-electron chi connectivity index (χ0n) is 13.3. The van der Waals surface area contributed by atoms with Gasteiger partial charge in [-0.1, -0.05) is 6.07 Å². The van der Waals surface area contributed by atoms with Crippen molar-refractivity contribution >= 4 is 12.1 Å². The second-order valence-corrected chi connectivity index (χ2v) is 6.05. The summed E-state index contributed by atoms with van der Waals surface area (Å²) in [4.78, 5) is 25.0. The third-order valence-electron chi connectivity index (χ3n) is 3.12. The second kappa shape index (κ2) is 6.25. The Morgan fingerprint density at radius 3 is 2.55 bits per heavy atom. The summed E-state index contributed by atoms with van der Waals surface area (Å²) >= 11 is 0. The minimum Gasteiger partial charge on any atom is -0.470 e. The molecule has 1 heterocycles. The van der Waals surface area contributed by atoms with Crippen LogP contribution >= 0.6 is 0 Å². The number of ether oxygens (including phenoxy) is 3. The molecule has 0 bridgehead atoms.